The Bertz CT molecular complexity index is 324. The predicted octanol–water partition coefficient (Wildman–Crippen LogP) is 1.75. The lowest BCUT2D eigenvalue weighted by Crippen LogP contribution is -2.30. The normalized spacial score (nSPS) is 12.1. The molecule has 0 heterocycles. The van der Waals surface area contributed by atoms with Gasteiger partial charge in [-0.2, -0.15) is 0 Å². The van der Waals surface area contributed by atoms with Crippen LogP contribution in [0.2, 0.25) is 0 Å². The second kappa shape index (κ2) is 7.85. The number of aliphatic hydroxyl groups is 1. The van der Waals surface area contributed by atoms with Crippen LogP contribution >= 0.6 is 0 Å². The molecule has 0 aliphatic rings. The minimum atomic E-state index is 0.0487. The molecule has 1 aromatic rings. The van der Waals surface area contributed by atoms with Crippen LogP contribution in [-0.2, 0) is 11.2 Å². The van der Waals surface area contributed by atoms with Gasteiger partial charge in [-0.05, 0) is 17.9 Å². The highest BCUT2D eigenvalue weighted by molar-refractivity contribution is 5.78. The third-order valence-electron chi connectivity index (χ3n) is 2.91. The molecule has 1 rings (SSSR count). The highest BCUT2D eigenvalue weighted by Gasteiger charge is 2.08. The smallest absolute Gasteiger partial charge is 0.224 e. The molecule has 3 heteroatoms. The number of nitrogens with one attached hydrogen (secondary N) is 1. The van der Waals surface area contributed by atoms with Gasteiger partial charge < -0.3 is 10.4 Å². The molecule has 1 amide bonds. The summed E-state index contributed by atoms with van der Waals surface area (Å²) in [6.45, 7) is 2.92. The van der Waals surface area contributed by atoms with Gasteiger partial charge in [-0.15, -0.1) is 0 Å². The zero-order valence-electron chi connectivity index (χ0n) is 10.4. The zero-order chi connectivity index (χ0) is 12.5. The lowest BCUT2D eigenvalue weighted by atomic mass is 10.0. The highest BCUT2D eigenvalue weighted by atomic mass is 16.3. The molecule has 0 spiro atoms. The van der Waals surface area contributed by atoms with E-state index in [1.54, 1.807) is 0 Å². The Morgan fingerprint density at radius 3 is 2.65 bits per heavy atom. The van der Waals surface area contributed by atoms with Gasteiger partial charge in [0.25, 0.3) is 0 Å². The van der Waals surface area contributed by atoms with Crippen LogP contribution in [-0.4, -0.2) is 24.2 Å². The fourth-order valence-corrected chi connectivity index (χ4v) is 1.74. The molecule has 0 aromatic heterocycles. The second-order valence-electron chi connectivity index (χ2n) is 4.25. The van der Waals surface area contributed by atoms with E-state index in [-0.39, 0.29) is 12.5 Å². The van der Waals surface area contributed by atoms with E-state index in [4.69, 9.17) is 5.11 Å². The second-order valence-corrected chi connectivity index (χ2v) is 4.25. The molecule has 0 saturated carbocycles. The first-order valence-corrected chi connectivity index (χ1v) is 6.17. The largest absolute Gasteiger partial charge is 0.396 e. The standard InChI is InChI=1S/C14H21NO2/c1-2-12(8-9-16)11-15-14(17)10-13-6-4-3-5-7-13/h3-7,12,16H,2,8-11H2,1H3,(H,15,17). The van der Waals surface area contributed by atoms with Crippen molar-refractivity contribution in [3.63, 3.8) is 0 Å². The number of hydrogen-bond donors (Lipinski definition) is 2. The molecule has 2 N–H and O–H groups in total. The minimum Gasteiger partial charge on any atom is -0.396 e. The Balaban J connectivity index is 2.30. The molecule has 1 unspecified atom stereocenters. The van der Waals surface area contributed by atoms with Crippen LogP contribution in [0.5, 0.6) is 0 Å². The summed E-state index contributed by atoms with van der Waals surface area (Å²) in [5.74, 6) is 0.423. The Morgan fingerprint density at radius 1 is 1.35 bits per heavy atom. The van der Waals surface area contributed by atoms with Crippen molar-refractivity contribution in [2.75, 3.05) is 13.2 Å². The summed E-state index contributed by atoms with van der Waals surface area (Å²) in [5, 5.41) is 11.8. The first kappa shape index (κ1) is 13.7. The maximum Gasteiger partial charge on any atom is 0.224 e. The number of rotatable bonds is 7. The van der Waals surface area contributed by atoms with E-state index < -0.39 is 0 Å². The SMILES string of the molecule is CCC(CCO)CNC(=O)Cc1ccccc1. The van der Waals surface area contributed by atoms with Crippen molar-refractivity contribution < 1.29 is 9.90 Å². The summed E-state index contributed by atoms with van der Waals surface area (Å²) >= 11 is 0. The number of hydrogen-bond acceptors (Lipinski definition) is 2. The molecule has 1 atom stereocenters. The number of carbonyl (C=O) groups is 1. The number of amides is 1. The monoisotopic (exact) mass is 235 g/mol. The van der Waals surface area contributed by atoms with E-state index in [0.717, 1.165) is 18.4 Å². The van der Waals surface area contributed by atoms with Crippen LogP contribution in [0.25, 0.3) is 0 Å². The molecule has 94 valence electrons. The van der Waals surface area contributed by atoms with E-state index >= 15 is 0 Å². The highest BCUT2D eigenvalue weighted by Crippen LogP contribution is 2.06. The van der Waals surface area contributed by atoms with Gasteiger partial charge in [0.05, 0.1) is 6.42 Å². The summed E-state index contributed by atoms with van der Waals surface area (Å²) in [4.78, 5) is 11.7. The molecule has 0 aliphatic heterocycles. The van der Waals surface area contributed by atoms with Crippen LogP contribution in [0.3, 0.4) is 0 Å². The lowest BCUT2D eigenvalue weighted by molar-refractivity contribution is -0.120. The first-order chi connectivity index (χ1) is 8.26. The summed E-state index contributed by atoms with van der Waals surface area (Å²) < 4.78 is 0. The number of carbonyl (C=O) groups excluding carboxylic acids is 1. The van der Waals surface area contributed by atoms with Crippen molar-refractivity contribution >= 4 is 5.91 Å². The van der Waals surface area contributed by atoms with Gasteiger partial charge in [0.1, 0.15) is 0 Å². The third-order valence-corrected chi connectivity index (χ3v) is 2.91. The zero-order valence-corrected chi connectivity index (χ0v) is 10.4. The van der Waals surface area contributed by atoms with Gasteiger partial charge in [0.2, 0.25) is 5.91 Å². The van der Waals surface area contributed by atoms with Gasteiger partial charge in [-0.3, -0.25) is 4.79 Å². The number of benzene rings is 1. The Kier molecular flexibility index (Phi) is 6.33. The van der Waals surface area contributed by atoms with Gasteiger partial charge >= 0.3 is 0 Å². The van der Waals surface area contributed by atoms with Gasteiger partial charge in [0, 0.05) is 13.2 Å². The summed E-state index contributed by atoms with van der Waals surface area (Å²) in [7, 11) is 0. The molecule has 0 bridgehead atoms. The average Bonchev–Trinajstić information content (AvgIpc) is 2.35. The third kappa shape index (κ3) is 5.50. The summed E-state index contributed by atoms with van der Waals surface area (Å²) in [6, 6.07) is 9.71. The lowest BCUT2D eigenvalue weighted by Gasteiger charge is -2.14. The van der Waals surface area contributed by atoms with E-state index in [1.165, 1.54) is 0 Å². The van der Waals surface area contributed by atoms with Crippen LogP contribution in [0.1, 0.15) is 25.3 Å². The van der Waals surface area contributed by atoms with Crippen molar-refractivity contribution in [1.82, 2.24) is 5.32 Å². The molecule has 3 nitrogen and oxygen atoms in total. The van der Waals surface area contributed by atoms with E-state index in [0.29, 0.717) is 18.9 Å². The van der Waals surface area contributed by atoms with Crippen molar-refractivity contribution in [1.29, 1.82) is 0 Å². The molecule has 0 fully saturated rings. The van der Waals surface area contributed by atoms with Gasteiger partial charge in [0.15, 0.2) is 0 Å². The Labute approximate surface area is 103 Å². The average molecular weight is 235 g/mol. The van der Waals surface area contributed by atoms with Crippen molar-refractivity contribution in [3.05, 3.63) is 35.9 Å². The maximum atomic E-state index is 11.7. The topological polar surface area (TPSA) is 49.3 Å². The maximum absolute atomic E-state index is 11.7. The van der Waals surface area contributed by atoms with Crippen LogP contribution in [0.15, 0.2) is 30.3 Å². The quantitative estimate of drug-likeness (QED) is 0.756. The van der Waals surface area contributed by atoms with Crippen LogP contribution < -0.4 is 5.32 Å². The van der Waals surface area contributed by atoms with Crippen molar-refractivity contribution in [2.45, 2.75) is 26.2 Å². The Morgan fingerprint density at radius 2 is 2.06 bits per heavy atom. The van der Waals surface area contributed by atoms with Gasteiger partial charge in [-0.1, -0.05) is 43.7 Å². The van der Waals surface area contributed by atoms with Crippen molar-refractivity contribution in [3.8, 4) is 0 Å². The van der Waals surface area contributed by atoms with Gasteiger partial charge in [-0.25, -0.2) is 0 Å². The van der Waals surface area contributed by atoms with E-state index in [2.05, 4.69) is 12.2 Å². The fraction of sp³-hybridized carbons (Fsp3) is 0.500. The molecule has 17 heavy (non-hydrogen) atoms. The minimum absolute atomic E-state index is 0.0487. The summed E-state index contributed by atoms with van der Waals surface area (Å²) in [5.41, 5.74) is 1.03. The number of aliphatic hydroxyl groups excluding tert-OH is 1. The molecule has 0 aliphatic carbocycles. The molecule has 0 radical (unpaired) electrons. The fourth-order valence-electron chi connectivity index (χ4n) is 1.74. The van der Waals surface area contributed by atoms with E-state index in [1.807, 2.05) is 30.3 Å². The molecule has 0 saturated heterocycles. The predicted molar refractivity (Wildman–Crippen MR) is 68.6 cm³/mol. The van der Waals surface area contributed by atoms with Crippen LogP contribution in [0.4, 0.5) is 0 Å². The van der Waals surface area contributed by atoms with Crippen LogP contribution in [0, 0.1) is 5.92 Å². The van der Waals surface area contributed by atoms with E-state index in [9.17, 15) is 4.79 Å². The molecular weight excluding hydrogens is 214 g/mol. The Hall–Kier alpha value is -1.35. The molecule has 1 aromatic carbocycles. The van der Waals surface area contributed by atoms with Crippen molar-refractivity contribution in [2.24, 2.45) is 5.92 Å². The molecular formula is C14H21NO2. The first-order valence-electron chi connectivity index (χ1n) is 6.17. The summed E-state index contributed by atoms with van der Waals surface area (Å²) in [6.07, 6.45) is 2.16.